The van der Waals surface area contributed by atoms with Gasteiger partial charge in [-0.1, -0.05) is 0 Å². The highest BCUT2D eigenvalue weighted by Gasteiger charge is 2.08. The smallest absolute Gasteiger partial charge is 0.256 e. The van der Waals surface area contributed by atoms with Crippen LogP contribution in [0, 0.1) is 27.7 Å². The zero-order chi connectivity index (χ0) is 11.2. The van der Waals surface area contributed by atoms with Gasteiger partial charge in [0, 0.05) is 12.3 Å². The Balaban J connectivity index is 3.16. The first-order valence-electron chi connectivity index (χ1n) is 4.97. The lowest BCUT2D eigenvalue weighted by molar-refractivity contribution is 0.925. The first-order chi connectivity index (χ1) is 7.02. The summed E-state index contributed by atoms with van der Waals surface area (Å²) in [5.41, 5.74) is 4.22. The summed E-state index contributed by atoms with van der Waals surface area (Å²) in [5.74, 6) is 0.740. The molecule has 2 heterocycles. The van der Waals surface area contributed by atoms with Crippen LogP contribution in [-0.2, 0) is 0 Å². The maximum Gasteiger partial charge on any atom is 0.256 e. The monoisotopic (exact) mass is 202 g/mol. The van der Waals surface area contributed by atoms with Gasteiger partial charge in [0.25, 0.3) is 5.56 Å². The number of fused-ring (bicyclic) bond motifs is 1. The van der Waals surface area contributed by atoms with Gasteiger partial charge in [-0.25, -0.2) is 4.98 Å². The maximum absolute atomic E-state index is 11.8. The summed E-state index contributed by atoms with van der Waals surface area (Å²) >= 11 is 0. The zero-order valence-electron chi connectivity index (χ0n) is 9.46. The van der Waals surface area contributed by atoms with Gasteiger partial charge in [0.2, 0.25) is 0 Å². The highest BCUT2D eigenvalue weighted by molar-refractivity contribution is 5.61. The van der Waals surface area contributed by atoms with Gasteiger partial charge in [-0.15, -0.1) is 0 Å². The van der Waals surface area contributed by atoms with Crippen LogP contribution in [0.15, 0.2) is 17.1 Å². The van der Waals surface area contributed by atoms with E-state index in [0.29, 0.717) is 0 Å². The molecule has 3 nitrogen and oxygen atoms in total. The van der Waals surface area contributed by atoms with Gasteiger partial charge in [0.1, 0.15) is 5.82 Å². The Morgan fingerprint density at radius 2 is 1.80 bits per heavy atom. The number of aromatic nitrogens is 2. The average Bonchev–Trinajstić information content (AvgIpc) is 2.18. The fourth-order valence-electron chi connectivity index (χ4n) is 1.93. The first kappa shape index (κ1) is 9.90. The van der Waals surface area contributed by atoms with Crippen molar-refractivity contribution in [3.8, 4) is 0 Å². The standard InChI is InChI=1S/C12H14N2O/c1-7-5-11(15)14-10(4)13-6-8(2)12(14)9(7)3/h5-6H,1-4H3. The molecule has 0 bridgehead atoms. The Morgan fingerprint density at radius 3 is 2.47 bits per heavy atom. The minimum Gasteiger partial charge on any atom is -0.269 e. The molecule has 0 saturated heterocycles. The summed E-state index contributed by atoms with van der Waals surface area (Å²) in [4.78, 5) is 16.0. The highest BCUT2D eigenvalue weighted by atomic mass is 16.1. The van der Waals surface area contributed by atoms with Crippen LogP contribution < -0.4 is 5.56 Å². The Hall–Kier alpha value is -1.64. The van der Waals surface area contributed by atoms with E-state index in [1.54, 1.807) is 10.5 Å². The van der Waals surface area contributed by atoms with Crippen LogP contribution in [0.2, 0.25) is 0 Å². The van der Waals surface area contributed by atoms with Crippen molar-refractivity contribution < 1.29 is 0 Å². The molecule has 0 aliphatic heterocycles. The lowest BCUT2D eigenvalue weighted by Crippen LogP contribution is -2.18. The SMILES string of the molecule is Cc1cc(=O)n2c(C)ncc(C)c2c1C. The molecule has 0 N–H and O–H groups in total. The van der Waals surface area contributed by atoms with Crippen LogP contribution in [0.4, 0.5) is 0 Å². The zero-order valence-corrected chi connectivity index (χ0v) is 9.46. The molecule has 0 aromatic carbocycles. The Labute approximate surface area is 88.4 Å². The van der Waals surface area contributed by atoms with Gasteiger partial charge < -0.3 is 0 Å². The Kier molecular flexibility index (Phi) is 2.11. The van der Waals surface area contributed by atoms with Crippen LogP contribution in [0.5, 0.6) is 0 Å². The second-order valence-corrected chi connectivity index (χ2v) is 3.96. The lowest BCUT2D eigenvalue weighted by atomic mass is 10.1. The van der Waals surface area contributed by atoms with Crippen molar-refractivity contribution in [1.82, 2.24) is 9.38 Å². The molecule has 2 aromatic rings. The first-order valence-corrected chi connectivity index (χ1v) is 4.97. The predicted octanol–water partition coefficient (Wildman–Crippen LogP) is 1.93. The maximum atomic E-state index is 11.8. The molecule has 0 atom stereocenters. The number of nitrogens with zero attached hydrogens (tertiary/aromatic N) is 2. The van der Waals surface area contributed by atoms with E-state index in [2.05, 4.69) is 4.98 Å². The van der Waals surface area contributed by atoms with Crippen molar-refractivity contribution in [2.75, 3.05) is 0 Å². The summed E-state index contributed by atoms with van der Waals surface area (Å²) in [6, 6.07) is 1.66. The molecule has 0 unspecified atom stereocenters. The van der Waals surface area contributed by atoms with Gasteiger partial charge in [0.05, 0.1) is 5.52 Å². The lowest BCUT2D eigenvalue weighted by Gasteiger charge is -2.11. The van der Waals surface area contributed by atoms with E-state index in [4.69, 9.17) is 0 Å². The molecule has 0 amide bonds. The molecule has 3 heteroatoms. The van der Waals surface area contributed by atoms with Crippen LogP contribution in [0.1, 0.15) is 22.5 Å². The van der Waals surface area contributed by atoms with Gasteiger partial charge >= 0.3 is 0 Å². The molecule has 0 spiro atoms. The molecule has 0 aliphatic rings. The average molecular weight is 202 g/mol. The van der Waals surface area contributed by atoms with Crippen molar-refractivity contribution >= 4 is 5.52 Å². The van der Waals surface area contributed by atoms with E-state index >= 15 is 0 Å². The fourth-order valence-corrected chi connectivity index (χ4v) is 1.93. The van der Waals surface area contributed by atoms with Crippen molar-refractivity contribution in [1.29, 1.82) is 0 Å². The third-order valence-electron chi connectivity index (χ3n) is 2.87. The molecule has 15 heavy (non-hydrogen) atoms. The van der Waals surface area contributed by atoms with E-state index in [1.165, 1.54) is 0 Å². The van der Waals surface area contributed by atoms with E-state index < -0.39 is 0 Å². The van der Waals surface area contributed by atoms with Gasteiger partial charge in [-0.2, -0.15) is 0 Å². The predicted molar refractivity (Wildman–Crippen MR) is 60.4 cm³/mol. The summed E-state index contributed by atoms with van der Waals surface area (Å²) in [5, 5.41) is 0. The van der Waals surface area contributed by atoms with Crippen LogP contribution in [0.25, 0.3) is 5.52 Å². The minimum atomic E-state index is 0.00167. The Bertz CT molecular complexity index is 597. The molecule has 0 fully saturated rings. The topological polar surface area (TPSA) is 34.4 Å². The number of hydrogen-bond donors (Lipinski definition) is 0. The molecular formula is C12H14N2O. The largest absolute Gasteiger partial charge is 0.269 e. The number of hydrogen-bond acceptors (Lipinski definition) is 2. The quantitative estimate of drug-likeness (QED) is 0.654. The van der Waals surface area contributed by atoms with Crippen LogP contribution >= 0.6 is 0 Å². The molecule has 0 radical (unpaired) electrons. The number of pyridine rings is 1. The van der Waals surface area contributed by atoms with Gasteiger partial charge in [-0.05, 0) is 44.4 Å². The molecule has 0 aliphatic carbocycles. The number of aryl methyl sites for hydroxylation is 4. The summed E-state index contributed by atoms with van der Waals surface area (Å²) < 4.78 is 1.68. The van der Waals surface area contributed by atoms with Crippen LogP contribution in [-0.4, -0.2) is 9.38 Å². The molecular weight excluding hydrogens is 188 g/mol. The minimum absolute atomic E-state index is 0.00167. The second-order valence-electron chi connectivity index (χ2n) is 3.96. The molecule has 0 saturated carbocycles. The van der Waals surface area contributed by atoms with E-state index in [1.807, 2.05) is 33.9 Å². The molecule has 2 aromatic heterocycles. The summed E-state index contributed by atoms with van der Waals surface area (Å²) in [6.07, 6.45) is 1.82. The third-order valence-corrected chi connectivity index (χ3v) is 2.87. The second kappa shape index (κ2) is 3.19. The van der Waals surface area contributed by atoms with Crippen molar-refractivity contribution in [2.24, 2.45) is 0 Å². The van der Waals surface area contributed by atoms with Crippen molar-refractivity contribution in [3.05, 3.63) is 45.1 Å². The highest BCUT2D eigenvalue weighted by Crippen LogP contribution is 2.16. The third kappa shape index (κ3) is 1.35. The van der Waals surface area contributed by atoms with E-state index in [9.17, 15) is 4.79 Å². The van der Waals surface area contributed by atoms with Gasteiger partial charge in [0.15, 0.2) is 0 Å². The van der Waals surface area contributed by atoms with E-state index in [-0.39, 0.29) is 5.56 Å². The molecule has 2 rings (SSSR count). The number of rotatable bonds is 0. The van der Waals surface area contributed by atoms with Crippen molar-refractivity contribution in [3.63, 3.8) is 0 Å². The summed E-state index contributed by atoms with van der Waals surface area (Å²) in [7, 11) is 0. The Morgan fingerprint density at radius 1 is 1.13 bits per heavy atom. The van der Waals surface area contributed by atoms with Gasteiger partial charge in [-0.3, -0.25) is 9.20 Å². The van der Waals surface area contributed by atoms with E-state index in [0.717, 1.165) is 28.0 Å². The van der Waals surface area contributed by atoms with Crippen LogP contribution in [0.3, 0.4) is 0 Å². The molecule has 78 valence electrons. The normalized spacial score (nSPS) is 10.9. The summed E-state index contributed by atoms with van der Waals surface area (Å²) in [6.45, 7) is 7.83. The van der Waals surface area contributed by atoms with Crippen molar-refractivity contribution in [2.45, 2.75) is 27.7 Å². The fraction of sp³-hybridized carbons (Fsp3) is 0.333.